The summed E-state index contributed by atoms with van der Waals surface area (Å²) in [5.41, 5.74) is 8.17. The van der Waals surface area contributed by atoms with Crippen LogP contribution in [-0.2, 0) is 0 Å². The number of hydrogen-bond donors (Lipinski definition) is 1. The van der Waals surface area contributed by atoms with Crippen LogP contribution >= 0.6 is 0 Å². The average molecular weight is 447 g/mol. The second-order valence-electron chi connectivity index (χ2n) is 8.79. The van der Waals surface area contributed by atoms with Gasteiger partial charge in [0.2, 0.25) is 0 Å². The molecule has 168 valence electrons. The summed E-state index contributed by atoms with van der Waals surface area (Å²) < 4.78 is 0. The summed E-state index contributed by atoms with van der Waals surface area (Å²) in [4.78, 5) is 14.6. The summed E-state index contributed by atoms with van der Waals surface area (Å²) >= 11 is 0. The van der Waals surface area contributed by atoms with Crippen LogP contribution in [0.4, 0.5) is 5.69 Å². The van der Waals surface area contributed by atoms with Gasteiger partial charge in [0.1, 0.15) is 11.0 Å². The summed E-state index contributed by atoms with van der Waals surface area (Å²) in [7, 11) is 0. The Balaban J connectivity index is 1.37. The standard InChI is InChI=1S/C29H26N4O/c1-19(2)21-13-15-25(16-14-21)33-31-27-17-20(3)26(18-28(27)32-33)30-29(34)24-11-9-23(10-12-24)22-7-5-4-6-8-22/h4-19H,1-3H3,(H,30,34). The van der Waals surface area contributed by atoms with Gasteiger partial charge < -0.3 is 5.32 Å². The molecule has 0 spiro atoms. The lowest BCUT2D eigenvalue weighted by Crippen LogP contribution is -2.12. The van der Waals surface area contributed by atoms with Gasteiger partial charge in [-0.3, -0.25) is 4.79 Å². The number of benzene rings is 4. The van der Waals surface area contributed by atoms with Gasteiger partial charge in [-0.1, -0.05) is 68.4 Å². The van der Waals surface area contributed by atoms with Crippen molar-refractivity contribution in [2.75, 3.05) is 5.32 Å². The summed E-state index contributed by atoms with van der Waals surface area (Å²) in [5, 5.41) is 12.3. The molecule has 5 nitrogen and oxygen atoms in total. The Kier molecular flexibility index (Phi) is 5.68. The molecule has 0 fully saturated rings. The van der Waals surface area contributed by atoms with E-state index in [1.807, 2.05) is 73.7 Å². The second kappa shape index (κ2) is 8.94. The minimum absolute atomic E-state index is 0.154. The fourth-order valence-electron chi connectivity index (χ4n) is 3.95. The second-order valence-corrected chi connectivity index (χ2v) is 8.79. The summed E-state index contributed by atoms with van der Waals surface area (Å²) in [6.07, 6.45) is 0. The molecule has 34 heavy (non-hydrogen) atoms. The van der Waals surface area contributed by atoms with Gasteiger partial charge >= 0.3 is 0 Å². The van der Waals surface area contributed by atoms with Crippen molar-refractivity contribution < 1.29 is 4.79 Å². The Morgan fingerprint density at radius 3 is 2.06 bits per heavy atom. The van der Waals surface area contributed by atoms with Gasteiger partial charge in [0.05, 0.1) is 5.69 Å². The van der Waals surface area contributed by atoms with E-state index >= 15 is 0 Å². The first-order valence-corrected chi connectivity index (χ1v) is 11.4. The van der Waals surface area contributed by atoms with Gasteiger partial charge in [0.15, 0.2) is 0 Å². The number of aryl methyl sites for hydroxylation is 1. The van der Waals surface area contributed by atoms with E-state index in [1.165, 1.54) is 5.56 Å². The lowest BCUT2D eigenvalue weighted by molar-refractivity contribution is 0.102. The van der Waals surface area contributed by atoms with Gasteiger partial charge in [-0.15, -0.1) is 10.2 Å². The molecule has 4 aromatic carbocycles. The molecule has 0 aliphatic heterocycles. The van der Waals surface area contributed by atoms with Crippen LogP contribution in [0.25, 0.3) is 27.8 Å². The van der Waals surface area contributed by atoms with Crippen LogP contribution in [0.2, 0.25) is 0 Å². The van der Waals surface area contributed by atoms with Crippen LogP contribution < -0.4 is 5.32 Å². The molecule has 0 unspecified atom stereocenters. The van der Waals surface area contributed by atoms with Crippen molar-refractivity contribution in [3.8, 4) is 16.8 Å². The molecule has 1 amide bonds. The summed E-state index contributed by atoms with van der Waals surface area (Å²) in [6, 6.07) is 29.9. The number of rotatable bonds is 5. The van der Waals surface area contributed by atoms with E-state index in [1.54, 1.807) is 4.80 Å². The highest BCUT2D eigenvalue weighted by Gasteiger charge is 2.12. The number of nitrogens with one attached hydrogen (secondary N) is 1. The van der Waals surface area contributed by atoms with Crippen LogP contribution in [0.15, 0.2) is 91.0 Å². The van der Waals surface area contributed by atoms with Crippen molar-refractivity contribution in [2.45, 2.75) is 26.7 Å². The number of hydrogen-bond acceptors (Lipinski definition) is 3. The maximum atomic E-state index is 12.9. The molecule has 0 bridgehead atoms. The topological polar surface area (TPSA) is 59.8 Å². The van der Waals surface area contributed by atoms with E-state index in [2.05, 4.69) is 53.6 Å². The van der Waals surface area contributed by atoms with Gasteiger partial charge in [-0.2, -0.15) is 4.80 Å². The predicted molar refractivity (Wildman–Crippen MR) is 138 cm³/mol. The molecule has 1 heterocycles. The molecule has 0 aliphatic carbocycles. The number of carbonyl (C=O) groups is 1. The number of aromatic nitrogens is 3. The molecular weight excluding hydrogens is 420 g/mol. The highest BCUT2D eigenvalue weighted by Crippen LogP contribution is 2.24. The molecule has 0 aliphatic rings. The molecule has 0 atom stereocenters. The zero-order valence-electron chi connectivity index (χ0n) is 19.5. The number of nitrogens with zero attached hydrogens (tertiary/aromatic N) is 3. The smallest absolute Gasteiger partial charge is 0.255 e. The van der Waals surface area contributed by atoms with E-state index < -0.39 is 0 Å². The fraction of sp³-hybridized carbons (Fsp3) is 0.138. The van der Waals surface area contributed by atoms with E-state index in [0.29, 0.717) is 11.5 Å². The summed E-state index contributed by atoms with van der Waals surface area (Å²) in [5.74, 6) is 0.320. The molecule has 5 heteroatoms. The Bertz CT molecular complexity index is 1450. The first-order chi connectivity index (χ1) is 16.5. The maximum absolute atomic E-state index is 12.9. The van der Waals surface area contributed by atoms with Crippen LogP contribution in [0.5, 0.6) is 0 Å². The van der Waals surface area contributed by atoms with Crippen molar-refractivity contribution in [1.82, 2.24) is 15.0 Å². The third kappa shape index (κ3) is 4.33. The lowest BCUT2D eigenvalue weighted by Gasteiger charge is -2.09. The molecule has 0 saturated carbocycles. The Morgan fingerprint density at radius 2 is 1.41 bits per heavy atom. The van der Waals surface area contributed by atoms with Gasteiger partial charge in [0, 0.05) is 11.3 Å². The van der Waals surface area contributed by atoms with E-state index in [0.717, 1.165) is 39.1 Å². The molecular formula is C29H26N4O. The van der Waals surface area contributed by atoms with Crippen molar-refractivity contribution in [2.24, 2.45) is 0 Å². The van der Waals surface area contributed by atoms with E-state index in [4.69, 9.17) is 0 Å². The van der Waals surface area contributed by atoms with Gasteiger partial charge in [-0.05, 0) is 71.5 Å². The number of fused-ring (bicyclic) bond motifs is 1. The van der Waals surface area contributed by atoms with Crippen molar-refractivity contribution in [3.05, 3.63) is 108 Å². The third-order valence-corrected chi connectivity index (χ3v) is 6.02. The highest BCUT2D eigenvalue weighted by atomic mass is 16.1. The molecule has 0 radical (unpaired) electrons. The zero-order valence-corrected chi connectivity index (χ0v) is 19.5. The van der Waals surface area contributed by atoms with E-state index in [-0.39, 0.29) is 5.91 Å². The minimum atomic E-state index is -0.154. The Morgan fingerprint density at radius 1 is 0.794 bits per heavy atom. The monoisotopic (exact) mass is 446 g/mol. The van der Waals surface area contributed by atoms with Crippen LogP contribution in [-0.4, -0.2) is 20.9 Å². The normalized spacial score (nSPS) is 11.2. The third-order valence-electron chi connectivity index (χ3n) is 6.02. The average Bonchev–Trinajstić information content (AvgIpc) is 3.27. The molecule has 1 aromatic heterocycles. The fourth-order valence-corrected chi connectivity index (χ4v) is 3.95. The lowest BCUT2D eigenvalue weighted by atomic mass is 10.0. The van der Waals surface area contributed by atoms with Crippen molar-refractivity contribution >= 4 is 22.6 Å². The SMILES string of the molecule is Cc1cc2nn(-c3ccc(C(C)C)cc3)nc2cc1NC(=O)c1ccc(-c2ccccc2)cc1. The summed E-state index contributed by atoms with van der Waals surface area (Å²) in [6.45, 7) is 6.31. The first-order valence-electron chi connectivity index (χ1n) is 11.4. The van der Waals surface area contributed by atoms with Crippen molar-refractivity contribution in [1.29, 1.82) is 0 Å². The largest absolute Gasteiger partial charge is 0.322 e. The Labute approximate surface area is 199 Å². The quantitative estimate of drug-likeness (QED) is 0.324. The highest BCUT2D eigenvalue weighted by molar-refractivity contribution is 6.05. The van der Waals surface area contributed by atoms with Crippen LogP contribution in [0, 0.1) is 6.92 Å². The number of amides is 1. The van der Waals surface area contributed by atoms with Gasteiger partial charge in [-0.25, -0.2) is 0 Å². The van der Waals surface area contributed by atoms with E-state index in [9.17, 15) is 4.79 Å². The molecule has 5 aromatic rings. The molecule has 5 rings (SSSR count). The van der Waals surface area contributed by atoms with Crippen molar-refractivity contribution in [3.63, 3.8) is 0 Å². The Hall–Kier alpha value is -4.25. The molecule has 0 saturated heterocycles. The first kappa shape index (κ1) is 21.6. The van der Waals surface area contributed by atoms with Gasteiger partial charge in [0.25, 0.3) is 5.91 Å². The predicted octanol–water partition coefficient (Wildman–Crippen LogP) is 6.77. The maximum Gasteiger partial charge on any atom is 0.255 e. The van der Waals surface area contributed by atoms with Crippen LogP contribution in [0.1, 0.15) is 41.3 Å². The zero-order chi connectivity index (χ0) is 23.7. The number of carbonyl (C=O) groups excluding carboxylic acids is 1. The minimum Gasteiger partial charge on any atom is -0.322 e. The number of anilines is 1. The molecule has 1 N–H and O–H groups in total. The van der Waals surface area contributed by atoms with Crippen LogP contribution in [0.3, 0.4) is 0 Å².